The summed E-state index contributed by atoms with van der Waals surface area (Å²) in [6.07, 6.45) is 4.19. The Morgan fingerprint density at radius 3 is 1.02 bits per heavy atom. The van der Waals surface area contributed by atoms with Crippen LogP contribution in [0.4, 0.5) is 39.0 Å². The van der Waals surface area contributed by atoms with Crippen LogP contribution in [-0.4, -0.2) is 88.6 Å². The van der Waals surface area contributed by atoms with Gasteiger partial charge in [-0.2, -0.15) is 0 Å². The number of halogens is 5. The SMILES string of the molecule is COc1ccc(S(=O)(=O)N(CCCC(=O)c2ccc(F)cc2)c2ccccc2)cc1.COc1ccc(S(=O)(=O)N(CCCC(O)c2ccc(F)cc2)c2ccccc2)cc1.Nc1ccccc1.O=C(CCC(=O)c1ccc(F)cc1)Cc1ccccc1.O=C(O)CCC(=O)c1ccc(F)cc1.OC(CCCCc1ccccc1)c1ccc(F)cc1. The number of Topliss-reactive ketones (excluding diaryl/α,β-unsaturated/α-hetero) is 4. The number of nitrogen functional groups attached to an aromatic ring is 1. The van der Waals surface area contributed by atoms with Crippen LogP contribution < -0.4 is 23.8 Å². The van der Waals surface area contributed by atoms with Crippen molar-refractivity contribution in [3.05, 3.63) is 390 Å². The summed E-state index contributed by atoms with van der Waals surface area (Å²) in [7, 11) is -4.60. The number of aliphatic hydroxyl groups is 2. The summed E-state index contributed by atoms with van der Waals surface area (Å²) in [5.41, 5.74) is 12.1. The highest BCUT2D eigenvalue weighted by Crippen LogP contribution is 2.30. The van der Waals surface area contributed by atoms with E-state index in [0.29, 0.717) is 70.8 Å². The number of ketones is 4. The van der Waals surface area contributed by atoms with E-state index in [1.165, 1.54) is 162 Å². The summed E-state index contributed by atoms with van der Waals surface area (Å²) < 4.78 is 130. The first-order valence-corrected chi connectivity index (χ1v) is 41.4. The van der Waals surface area contributed by atoms with Gasteiger partial charge in [0.05, 0.1) is 54.0 Å². The molecule has 12 rings (SSSR count). The Bertz CT molecular complexity index is 5300. The van der Waals surface area contributed by atoms with E-state index < -0.39 is 49.9 Å². The number of hydrogen-bond acceptors (Lipinski definition) is 14. The van der Waals surface area contributed by atoms with Gasteiger partial charge in [0.25, 0.3) is 20.0 Å². The zero-order chi connectivity index (χ0) is 86.7. The maximum Gasteiger partial charge on any atom is 0.303 e. The summed E-state index contributed by atoms with van der Waals surface area (Å²) in [5, 5.41) is 28.7. The van der Waals surface area contributed by atoms with Crippen LogP contribution in [0.1, 0.15) is 136 Å². The zero-order valence-corrected chi connectivity index (χ0v) is 68.0. The number of aliphatic carboxylic acids is 1. The van der Waals surface area contributed by atoms with Crippen molar-refractivity contribution in [3.8, 4) is 11.5 Å². The van der Waals surface area contributed by atoms with E-state index in [-0.39, 0.29) is 95.6 Å². The molecule has 0 saturated heterocycles. The Morgan fingerprint density at radius 1 is 0.358 bits per heavy atom. The van der Waals surface area contributed by atoms with Gasteiger partial charge in [-0.3, -0.25) is 32.6 Å². The quantitative estimate of drug-likeness (QED) is 0.0126. The molecule has 24 heteroatoms. The van der Waals surface area contributed by atoms with Gasteiger partial charge >= 0.3 is 5.97 Å². The number of aryl methyl sites for hydroxylation is 1. The molecular formula is C96H96F5N3O14S2. The Morgan fingerprint density at radius 2 is 0.675 bits per heavy atom. The first-order valence-electron chi connectivity index (χ1n) is 38.5. The maximum absolute atomic E-state index is 13.3. The first kappa shape index (κ1) is 94.4. The summed E-state index contributed by atoms with van der Waals surface area (Å²) in [6, 6.07) is 86.8. The summed E-state index contributed by atoms with van der Waals surface area (Å²) >= 11 is 0. The van der Waals surface area contributed by atoms with Crippen LogP contribution in [-0.2, 0) is 42.5 Å². The average Bonchev–Trinajstić information content (AvgIpc) is 0.797. The van der Waals surface area contributed by atoms with Gasteiger partial charge < -0.3 is 30.5 Å². The molecular weight excluding hydrogens is 1580 g/mol. The van der Waals surface area contributed by atoms with Crippen molar-refractivity contribution < 1.29 is 87.6 Å². The number of carboxylic acid groups (broad SMARTS) is 1. The number of unbranched alkanes of at least 4 members (excludes halogenated alkanes) is 1. The second-order valence-electron chi connectivity index (χ2n) is 27.1. The standard InChI is InChI=1S/C23H24FNO4S.C23H22FNO4S.C17H15FO2.C17H19FO.C10H9FO3.C6H7N/c2*1-29-21-13-15-22(16-14-21)30(27,28)25(20-6-3-2-4-7-20)17-5-8-23(26)18-9-11-19(24)12-10-18;18-15-8-6-14(7-9-15)17(20)11-10-16(19)12-13-4-2-1-3-5-13;18-16-12-10-15(11-13-16)17(19)9-5-4-8-14-6-2-1-3-7-14;11-8-3-1-7(2-4-8)9(12)5-6-10(13)14;7-6-4-2-1-3-5-6/h2-4,6-7,9-16,23,26H,5,8,17H2,1H3;2-4,6-7,9-16H,5,8,17H2,1H3;1-9H,10-12H2;1-3,6-7,10-13,17,19H,4-5,8-9H2;1-4H,5-6H2,(H,13,14);1-5H,7H2. The molecule has 0 spiro atoms. The van der Waals surface area contributed by atoms with Crippen molar-refractivity contribution in [2.75, 3.05) is 41.7 Å². The van der Waals surface area contributed by atoms with E-state index in [0.717, 1.165) is 42.5 Å². The van der Waals surface area contributed by atoms with Gasteiger partial charge in [0.1, 0.15) is 46.4 Å². The van der Waals surface area contributed by atoms with Gasteiger partial charge in [0, 0.05) is 67.6 Å². The average molecular weight is 1670 g/mol. The van der Waals surface area contributed by atoms with Crippen LogP contribution in [0.5, 0.6) is 11.5 Å². The highest BCUT2D eigenvalue weighted by atomic mass is 32.2. The predicted octanol–water partition coefficient (Wildman–Crippen LogP) is 20.3. The zero-order valence-electron chi connectivity index (χ0n) is 66.4. The van der Waals surface area contributed by atoms with Crippen LogP contribution in [0.2, 0.25) is 0 Å². The second-order valence-corrected chi connectivity index (χ2v) is 30.8. The van der Waals surface area contributed by atoms with Crippen LogP contribution >= 0.6 is 0 Å². The molecule has 2 atom stereocenters. The molecule has 0 fully saturated rings. The monoisotopic (exact) mass is 1670 g/mol. The molecule has 0 saturated carbocycles. The molecule has 626 valence electrons. The number of rotatable bonds is 34. The number of ether oxygens (including phenoxy) is 2. The second kappa shape index (κ2) is 50.1. The Hall–Kier alpha value is -12.7. The summed E-state index contributed by atoms with van der Waals surface area (Å²) in [4.78, 5) is 57.7. The molecule has 120 heavy (non-hydrogen) atoms. The Labute approximate surface area is 697 Å². The van der Waals surface area contributed by atoms with Crippen molar-refractivity contribution in [1.29, 1.82) is 0 Å². The van der Waals surface area contributed by atoms with Crippen molar-refractivity contribution in [1.82, 2.24) is 0 Å². The highest BCUT2D eigenvalue weighted by molar-refractivity contribution is 7.93. The molecule has 12 aromatic rings. The van der Waals surface area contributed by atoms with E-state index in [1.54, 1.807) is 91.0 Å². The molecule has 2 unspecified atom stereocenters. The number of sulfonamides is 2. The Kier molecular flexibility index (Phi) is 39.4. The minimum absolute atomic E-state index is 0.0339. The number of carbonyl (C=O) groups is 5. The molecule has 0 aliphatic heterocycles. The molecule has 0 bridgehead atoms. The summed E-state index contributed by atoms with van der Waals surface area (Å²) in [5.74, 6) is -2.26. The minimum atomic E-state index is -3.83. The lowest BCUT2D eigenvalue weighted by atomic mass is 10.0. The van der Waals surface area contributed by atoms with E-state index in [1.807, 2.05) is 84.9 Å². The lowest BCUT2D eigenvalue weighted by Crippen LogP contribution is -2.32. The molecule has 0 aromatic heterocycles. The number of carbonyl (C=O) groups excluding carboxylic acids is 4. The molecule has 12 aromatic carbocycles. The van der Waals surface area contributed by atoms with Crippen LogP contribution in [0.15, 0.2) is 331 Å². The lowest BCUT2D eigenvalue weighted by Gasteiger charge is -2.25. The number of hydrogen-bond donors (Lipinski definition) is 4. The molecule has 17 nitrogen and oxygen atoms in total. The normalized spacial score (nSPS) is 11.2. The van der Waals surface area contributed by atoms with Gasteiger partial charge in [-0.1, -0.05) is 146 Å². The minimum Gasteiger partial charge on any atom is -0.497 e. The number of nitrogens with zero attached hydrogens (tertiary/aromatic N) is 2. The fraction of sp³-hybridized carbons (Fsp3) is 0.198. The van der Waals surface area contributed by atoms with Crippen molar-refractivity contribution in [2.24, 2.45) is 0 Å². The van der Waals surface area contributed by atoms with Crippen molar-refractivity contribution >= 4 is 66.2 Å². The van der Waals surface area contributed by atoms with Crippen LogP contribution in [0.25, 0.3) is 0 Å². The van der Waals surface area contributed by atoms with Crippen LogP contribution in [0.3, 0.4) is 0 Å². The number of nitrogens with two attached hydrogens (primary N) is 1. The molecule has 0 amide bonds. The molecule has 0 radical (unpaired) electrons. The topological polar surface area (TPSA) is 265 Å². The fourth-order valence-electron chi connectivity index (χ4n) is 11.7. The van der Waals surface area contributed by atoms with Crippen molar-refractivity contribution in [3.63, 3.8) is 0 Å². The first-order chi connectivity index (χ1) is 57.7. The number of anilines is 3. The van der Waals surface area contributed by atoms with Gasteiger partial charge in [-0.25, -0.2) is 38.8 Å². The smallest absolute Gasteiger partial charge is 0.303 e. The van der Waals surface area contributed by atoms with Crippen molar-refractivity contribution in [2.45, 2.75) is 105 Å². The number of methoxy groups -OCH3 is 2. The third-order valence-corrected chi connectivity index (χ3v) is 22.0. The van der Waals surface area contributed by atoms with E-state index in [9.17, 15) is 73.0 Å². The predicted molar refractivity (Wildman–Crippen MR) is 457 cm³/mol. The largest absolute Gasteiger partial charge is 0.497 e. The van der Waals surface area contributed by atoms with E-state index in [4.69, 9.17) is 20.3 Å². The van der Waals surface area contributed by atoms with Gasteiger partial charge in [0.2, 0.25) is 0 Å². The highest BCUT2D eigenvalue weighted by Gasteiger charge is 2.27. The molecule has 0 aliphatic carbocycles. The number of benzene rings is 12. The lowest BCUT2D eigenvalue weighted by molar-refractivity contribution is -0.137. The van der Waals surface area contributed by atoms with Gasteiger partial charge in [-0.15, -0.1) is 0 Å². The third kappa shape index (κ3) is 33.0. The van der Waals surface area contributed by atoms with E-state index in [2.05, 4.69) is 12.1 Å². The molecule has 5 N–H and O–H groups in total. The fourth-order valence-corrected chi connectivity index (χ4v) is 14.7. The number of para-hydroxylation sites is 3. The summed E-state index contributed by atoms with van der Waals surface area (Å²) in [6.45, 7) is 0.321. The molecule has 0 heterocycles. The molecule has 0 aliphatic rings. The van der Waals surface area contributed by atoms with E-state index >= 15 is 0 Å². The van der Waals surface area contributed by atoms with Gasteiger partial charge in [0.15, 0.2) is 17.3 Å². The third-order valence-electron chi connectivity index (χ3n) is 18.3. The maximum atomic E-state index is 13.3. The van der Waals surface area contributed by atoms with Crippen LogP contribution in [0, 0.1) is 29.1 Å². The van der Waals surface area contributed by atoms with Gasteiger partial charge in [-0.05, 0) is 243 Å². The Balaban J connectivity index is 0.000000207. The number of aliphatic hydroxyl groups excluding tert-OH is 2. The number of carboxylic acids is 1.